The van der Waals surface area contributed by atoms with Crippen LogP contribution in [0.4, 0.5) is 11.6 Å². The second kappa shape index (κ2) is 9.28. The summed E-state index contributed by atoms with van der Waals surface area (Å²) in [5.74, 6) is -1.27. The Morgan fingerprint density at radius 2 is 1.79 bits per heavy atom. The number of hydrogen-bond acceptors (Lipinski definition) is 7. The lowest BCUT2D eigenvalue weighted by molar-refractivity contribution is 0.0940. The van der Waals surface area contributed by atoms with E-state index < -0.39 is 15.9 Å². The highest BCUT2D eigenvalue weighted by atomic mass is 35.5. The molecule has 0 saturated carbocycles. The molecule has 11 heteroatoms. The molecular formula is C22H24ClN3O5S2. The van der Waals surface area contributed by atoms with Gasteiger partial charge in [0.2, 0.25) is 0 Å². The van der Waals surface area contributed by atoms with Crippen LogP contribution in [0.15, 0.2) is 27.6 Å². The van der Waals surface area contributed by atoms with Gasteiger partial charge in [0.25, 0.3) is 21.8 Å². The Hall–Kier alpha value is -2.69. The second-order valence-corrected chi connectivity index (χ2v) is 11.3. The van der Waals surface area contributed by atoms with E-state index in [1.165, 1.54) is 6.07 Å². The Kier molecular flexibility index (Phi) is 7.01. The van der Waals surface area contributed by atoms with Crippen LogP contribution < -0.4 is 10.0 Å². The van der Waals surface area contributed by atoms with Crippen LogP contribution in [0.2, 0.25) is 5.02 Å². The first-order valence-electron chi connectivity index (χ1n) is 10.0. The maximum atomic E-state index is 13.2. The van der Waals surface area contributed by atoms with Crippen molar-refractivity contribution >= 4 is 56.2 Å². The molecule has 3 rings (SSSR count). The molecule has 3 aromatic rings. The van der Waals surface area contributed by atoms with Crippen molar-refractivity contribution in [3.05, 3.63) is 55.4 Å². The highest BCUT2D eigenvalue weighted by Crippen LogP contribution is 2.33. The largest absolute Gasteiger partial charge is 0.336 e. The van der Waals surface area contributed by atoms with E-state index in [4.69, 9.17) is 16.1 Å². The normalized spacial score (nSPS) is 11.6. The number of sulfonamides is 1. The minimum absolute atomic E-state index is 0.0312. The van der Waals surface area contributed by atoms with Gasteiger partial charge in [0.05, 0.1) is 5.69 Å². The molecule has 2 aromatic heterocycles. The van der Waals surface area contributed by atoms with E-state index in [2.05, 4.69) is 15.2 Å². The number of thiophene rings is 1. The predicted octanol–water partition coefficient (Wildman–Crippen LogP) is 5.51. The quantitative estimate of drug-likeness (QED) is 0.405. The summed E-state index contributed by atoms with van der Waals surface area (Å²) in [6.07, 6.45) is 0. The van der Waals surface area contributed by atoms with E-state index in [-0.39, 0.29) is 32.4 Å². The average Bonchev–Trinajstić information content (AvgIpc) is 3.27. The number of anilines is 2. The minimum Gasteiger partial charge on any atom is -0.336 e. The number of carbonyl (C=O) groups excluding carboxylic acids is 2. The van der Waals surface area contributed by atoms with Gasteiger partial charge < -0.3 is 9.84 Å². The van der Waals surface area contributed by atoms with Crippen LogP contribution in [0.25, 0.3) is 0 Å². The number of nitrogens with one attached hydrogen (secondary N) is 2. The highest BCUT2D eigenvalue weighted by molar-refractivity contribution is 7.93. The fourth-order valence-corrected chi connectivity index (χ4v) is 5.92. The molecule has 0 aliphatic heterocycles. The van der Waals surface area contributed by atoms with Crippen LogP contribution in [-0.2, 0) is 10.0 Å². The minimum atomic E-state index is -4.21. The van der Waals surface area contributed by atoms with Crippen LogP contribution in [0.5, 0.6) is 0 Å². The number of amides is 1. The zero-order valence-corrected chi connectivity index (χ0v) is 21.4. The van der Waals surface area contributed by atoms with Crippen LogP contribution in [0, 0.1) is 33.6 Å². The van der Waals surface area contributed by atoms with E-state index in [9.17, 15) is 18.0 Å². The monoisotopic (exact) mass is 509 g/mol. The van der Waals surface area contributed by atoms with Gasteiger partial charge in [-0.05, 0) is 51.0 Å². The summed E-state index contributed by atoms with van der Waals surface area (Å²) in [6.45, 7) is 10.5. The van der Waals surface area contributed by atoms with Gasteiger partial charge in [0.15, 0.2) is 5.78 Å². The van der Waals surface area contributed by atoms with Crippen molar-refractivity contribution in [1.82, 2.24) is 5.16 Å². The number of rotatable bonds is 7. The van der Waals surface area contributed by atoms with Crippen LogP contribution in [-0.4, -0.2) is 25.3 Å². The first kappa shape index (κ1) is 24.9. The van der Waals surface area contributed by atoms with Crippen LogP contribution >= 0.6 is 22.9 Å². The average molecular weight is 510 g/mol. The van der Waals surface area contributed by atoms with Crippen molar-refractivity contribution in [2.24, 2.45) is 5.92 Å². The highest BCUT2D eigenvalue weighted by Gasteiger charge is 2.29. The van der Waals surface area contributed by atoms with Gasteiger partial charge in [-0.25, -0.2) is 13.1 Å². The molecule has 0 radical (unpaired) electrons. The van der Waals surface area contributed by atoms with Crippen molar-refractivity contribution < 1.29 is 22.5 Å². The van der Waals surface area contributed by atoms with Crippen LogP contribution in [0.1, 0.15) is 55.6 Å². The Bertz CT molecular complexity index is 1360. The number of aromatic nitrogens is 1. The van der Waals surface area contributed by atoms with Gasteiger partial charge in [-0.2, -0.15) is 0 Å². The molecule has 0 aliphatic carbocycles. The number of ketones is 1. The number of Topliss-reactive ketones (excluding diaryl/α,β-unsaturated/α-hetero) is 1. The number of aryl methyl sites for hydroxylation is 4. The molecule has 8 nitrogen and oxygen atoms in total. The summed E-state index contributed by atoms with van der Waals surface area (Å²) in [5, 5.41) is 6.42. The number of benzene rings is 1. The van der Waals surface area contributed by atoms with Crippen molar-refractivity contribution in [2.45, 2.75) is 46.4 Å². The molecule has 0 aliphatic rings. The van der Waals surface area contributed by atoms with Crippen LogP contribution in [0.3, 0.4) is 0 Å². The van der Waals surface area contributed by atoms with Crippen molar-refractivity contribution in [1.29, 1.82) is 0 Å². The molecule has 0 bridgehead atoms. The number of nitrogens with zero attached hydrogens (tertiary/aromatic N) is 1. The van der Waals surface area contributed by atoms with E-state index in [1.54, 1.807) is 40.7 Å². The van der Waals surface area contributed by atoms with E-state index in [0.29, 0.717) is 27.4 Å². The molecule has 0 fully saturated rings. The number of carbonyl (C=O) groups is 2. The summed E-state index contributed by atoms with van der Waals surface area (Å²) in [7, 11) is -4.21. The smallest absolute Gasteiger partial charge is 0.267 e. The fraction of sp³-hybridized carbons (Fsp3) is 0.318. The molecule has 33 heavy (non-hydrogen) atoms. The molecule has 0 unspecified atom stereocenters. The standard InChI is InChI=1S/C22H24ClN3O5S2/c1-10(2)19(27)15-8-11(3)7-12(4)18(15)24-21(28)20-16(9-13(5)32-20)33(29,30)26-22-17(23)14(6)25-31-22/h7-10,26H,1-6H3,(H,24,28). The number of hydrogen-bond donors (Lipinski definition) is 2. The lowest BCUT2D eigenvalue weighted by Gasteiger charge is -2.16. The zero-order valence-electron chi connectivity index (χ0n) is 19.0. The molecule has 2 heterocycles. The summed E-state index contributed by atoms with van der Waals surface area (Å²) in [5.41, 5.74) is 2.66. The zero-order chi connectivity index (χ0) is 24.7. The molecular weight excluding hydrogens is 486 g/mol. The molecule has 0 saturated heterocycles. The van der Waals surface area contributed by atoms with E-state index >= 15 is 0 Å². The second-order valence-electron chi connectivity index (χ2n) is 8.04. The molecule has 2 N–H and O–H groups in total. The first-order valence-corrected chi connectivity index (χ1v) is 12.7. The lowest BCUT2D eigenvalue weighted by Crippen LogP contribution is -2.20. The van der Waals surface area contributed by atoms with Crippen molar-refractivity contribution in [3.8, 4) is 0 Å². The maximum Gasteiger partial charge on any atom is 0.267 e. The third kappa shape index (κ3) is 5.13. The SMILES string of the molecule is Cc1cc(C)c(NC(=O)c2sc(C)cc2S(=O)(=O)Nc2onc(C)c2Cl)c(C(=O)C(C)C)c1. The van der Waals surface area contributed by atoms with E-state index in [1.807, 2.05) is 13.0 Å². The number of halogens is 1. The summed E-state index contributed by atoms with van der Waals surface area (Å²) in [4.78, 5) is 26.4. The predicted molar refractivity (Wildman–Crippen MR) is 129 cm³/mol. The third-order valence-electron chi connectivity index (χ3n) is 4.84. The van der Waals surface area contributed by atoms with Gasteiger partial charge >= 0.3 is 0 Å². The topological polar surface area (TPSA) is 118 Å². The molecule has 1 amide bonds. The lowest BCUT2D eigenvalue weighted by atomic mass is 9.95. The van der Waals surface area contributed by atoms with E-state index in [0.717, 1.165) is 16.9 Å². The van der Waals surface area contributed by atoms with Gasteiger partial charge in [0.1, 0.15) is 20.5 Å². The maximum absolute atomic E-state index is 13.2. The summed E-state index contributed by atoms with van der Waals surface area (Å²) in [6, 6.07) is 4.96. The Morgan fingerprint density at radius 3 is 2.36 bits per heavy atom. The van der Waals surface area contributed by atoms with Crippen molar-refractivity contribution in [2.75, 3.05) is 10.0 Å². The third-order valence-corrected chi connectivity index (χ3v) is 7.82. The van der Waals surface area contributed by atoms with Gasteiger partial charge in [0, 0.05) is 16.4 Å². The molecule has 176 valence electrons. The fourth-order valence-electron chi connectivity index (χ4n) is 3.26. The van der Waals surface area contributed by atoms with Gasteiger partial charge in [-0.15, -0.1) is 11.3 Å². The first-order chi connectivity index (χ1) is 15.3. The molecule has 0 spiro atoms. The Balaban J connectivity index is 2.01. The Labute approximate surface area is 201 Å². The van der Waals surface area contributed by atoms with Gasteiger partial charge in [-0.1, -0.05) is 36.7 Å². The molecule has 1 aromatic carbocycles. The Morgan fingerprint density at radius 1 is 1.12 bits per heavy atom. The summed E-state index contributed by atoms with van der Waals surface area (Å²) >= 11 is 7.05. The van der Waals surface area contributed by atoms with Gasteiger partial charge in [-0.3, -0.25) is 9.59 Å². The molecule has 0 atom stereocenters. The summed E-state index contributed by atoms with van der Waals surface area (Å²) < 4.78 is 33.3. The van der Waals surface area contributed by atoms with Crippen molar-refractivity contribution in [3.63, 3.8) is 0 Å².